The SMILES string of the molecule is CC(=O)OCCC(C)C.Clc1ccccc1. The third kappa shape index (κ3) is 11.1. The van der Waals surface area contributed by atoms with Gasteiger partial charge in [-0.2, -0.15) is 0 Å². The molecule has 0 atom stereocenters. The molecule has 90 valence electrons. The number of halogens is 1. The highest BCUT2D eigenvalue weighted by Gasteiger charge is 1.94. The molecule has 0 saturated carbocycles. The quantitative estimate of drug-likeness (QED) is 0.751. The van der Waals surface area contributed by atoms with E-state index in [2.05, 4.69) is 13.8 Å². The summed E-state index contributed by atoms with van der Waals surface area (Å²) >= 11 is 5.54. The van der Waals surface area contributed by atoms with Crippen LogP contribution in [0.2, 0.25) is 5.02 Å². The Bertz CT molecular complexity index is 283. The Hall–Kier alpha value is -1.02. The summed E-state index contributed by atoms with van der Waals surface area (Å²) in [6.45, 7) is 6.19. The molecule has 0 aliphatic carbocycles. The van der Waals surface area contributed by atoms with Gasteiger partial charge in [0.25, 0.3) is 0 Å². The molecule has 0 aliphatic heterocycles. The first-order valence-electron chi connectivity index (χ1n) is 5.36. The molecule has 1 aromatic carbocycles. The van der Waals surface area contributed by atoms with Gasteiger partial charge in [0.2, 0.25) is 0 Å². The maximum atomic E-state index is 10.2. The van der Waals surface area contributed by atoms with Crippen LogP contribution in [0.15, 0.2) is 30.3 Å². The molecule has 3 heteroatoms. The second kappa shape index (κ2) is 9.22. The summed E-state index contributed by atoms with van der Waals surface area (Å²) in [6.07, 6.45) is 0.958. The molecule has 0 amide bonds. The number of esters is 1. The van der Waals surface area contributed by atoms with Crippen LogP contribution in [-0.2, 0) is 9.53 Å². The Morgan fingerprint density at radius 2 is 1.88 bits per heavy atom. The Morgan fingerprint density at radius 1 is 1.31 bits per heavy atom. The van der Waals surface area contributed by atoms with E-state index in [1.54, 1.807) is 0 Å². The monoisotopic (exact) mass is 242 g/mol. The summed E-state index contributed by atoms with van der Waals surface area (Å²) in [5, 5.41) is 0.794. The van der Waals surface area contributed by atoms with E-state index in [-0.39, 0.29) is 5.97 Å². The smallest absolute Gasteiger partial charge is 0.302 e. The van der Waals surface area contributed by atoms with E-state index in [0.717, 1.165) is 11.4 Å². The van der Waals surface area contributed by atoms with Gasteiger partial charge in [0, 0.05) is 11.9 Å². The van der Waals surface area contributed by atoms with Gasteiger partial charge in [0.05, 0.1) is 6.61 Å². The number of carbonyl (C=O) groups is 1. The Balaban J connectivity index is 0.000000288. The van der Waals surface area contributed by atoms with Gasteiger partial charge in [-0.15, -0.1) is 0 Å². The van der Waals surface area contributed by atoms with Crippen molar-refractivity contribution in [2.45, 2.75) is 27.2 Å². The minimum Gasteiger partial charge on any atom is -0.466 e. The zero-order valence-electron chi connectivity index (χ0n) is 10.1. The zero-order valence-corrected chi connectivity index (χ0v) is 10.8. The number of rotatable bonds is 3. The van der Waals surface area contributed by atoms with Crippen LogP contribution in [0.5, 0.6) is 0 Å². The highest BCUT2D eigenvalue weighted by atomic mass is 35.5. The van der Waals surface area contributed by atoms with E-state index in [1.165, 1.54) is 6.92 Å². The number of hydrogen-bond acceptors (Lipinski definition) is 2. The maximum Gasteiger partial charge on any atom is 0.302 e. The molecule has 0 aliphatic rings. The van der Waals surface area contributed by atoms with Gasteiger partial charge < -0.3 is 4.74 Å². The van der Waals surface area contributed by atoms with E-state index in [1.807, 2.05) is 30.3 Å². The van der Waals surface area contributed by atoms with Crippen LogP contribution in [0.25, 0.3) is 0 Å². The van der Waals surface area contributed by atoms with E-state index in [9.17, 15) is 4.79 Å². The van der Waals surface area contributed by atoms with Crippen molar-refractivity contribution < 1.29 is 9.53 Å². The third-order valence-corrected chi connectivity index (χ3v) is 1.99. The second-order valence-corrected chi connectivity index (χ2v) is 4.25. The molecule has 0 saturated heterocycles. The molecule has 0 fully saturated rings. The average molecular weight is 243 g/mol. The summed E-state index contributed by atoms with van der Waals surface area (Å²) in [5.41, 5.74) is 0. The van der Waals surface area contributed by atoms with Crippen molar-refractivity contribution >= 4 is 17.6 Å². The fourth-order valence-electron chi connectivity index (χ4n) is 0.853. The maximum absolute atomic E-state index is 10.2. The number of hydrogen-bond donors (Lipinski definition) is 0. The first kappa shape index (κ1) is 15.0. The molecule has 1 aromatic rings. The average Bonchev–Trinajstić information content (AvgIpc) is 2.18. The molecule has 0 N–H and O–H groups in total. The number of benzene rings is 1. The molecule has 0 heterocycles. The Labute approximate surface area is 103 Å². The lowest BCUT2D eigenvalue weighted by Gasteiger charge is -2.02. The summed E-state index contributed by atoms with van der Waals surface area (Å²) in [6, 6.07) is 9.44. The van der Waals surface area contributed by atoms with Gasteiger partial charge in [-0.25, -0.2) is 0 Å². The lowest BCUT2D eigenvalue weighted by molar-refractivity contribution is -0.141. The van der Waals surface area contributed by atoms with Crippen molar-refractivity contribution in [3.8, 4) is 0 Å². The molecule has 0 aromatic heterocycles. The predicted molar refractivity (Wildman–Crippen MR) is 67.5 cm³/mol. The highest BCUT2D eigenvalue weighted by molar-refractivity contribution is 6.30. The standard InChI is InChI=1S/C7H14O2.C6H5Cl/c1-6(2)4-5-9-7(3)8;7-6-4-2-1-3-5-6/h6H,4-5H2,1-3H3;1-5H. The van der Waals surface area contributed by atoms with Gasteiger partial charge in [0.15, 0.2) is 0 Å². The fourth-order valence-corrected chi connectivity index (χ4v) is 0.999. The van der Waals surface area contributed by atoms with Crippen molar-refractivity contribution in [2.24, 2.45) is 5.92 Å². The first-order chi connectivity index (χ1) is 7.52. The van der Waals surface area contributed by atoms with Crippen LogP contribution < -0.4 is 0 Å². The van der Waals surface area contributed by atoms with E-state index in [0.29, 0.717) is 12.5 Å². The lowest BCUT2D eigenvalue weighted by atomic mass is 10.1. The molecular weight excluding hydrogens is 224 g/mol. The van der Waals surface area contributed by atoms with Crippen LogP contribution in [-0.4, -0.2) is 12.6 Å². The summed E-state index contributed by atoms with van der Waals surface area (Å²) in [5.74, 6) is 0.431. The molecule has 1 rings (SSSR count). The Morgan fingerprint density at radius 3 is 2.19 bits per heavy atom. The van der Waals surface area contributed by atoms with Crippen LogP contribution in [0.4, 0.5) is 0 Å². The van der Waals surface area contributed by atoms with E-state index < -0.39 is 0 Å². The number of ether oxygens (including phenoxy) is 1. The molecule has 0 radical (unpaired) electrons. The predicted octanol–water partition coefficient (Wildman–Crippen LogP) is 3.94. The van der Waals surface area contributed by atoms with E-state index >= 15 is 0 Å². The van der Waals surface area contributed by atoms with Crippen molar-refractivity contribution in [3.05, 3.63) is 35.4 Å². The normalized spacial score (nSPS) is 9.31. The van der Waals surface area contributed by atoms with E-state index in [4.69, 9.17) is 16.3 Å². The third-order valence-electron chi connectivity index (χ3n) is 1.73. The molecule has 2 nitrogen and oxygen atoms in total. The largest absolute Gasteiger partial charge is 0.466 e. The topological polar surface area (TPSA) is 26.3 Å². The van der Waals surface area contributed by atoms with Gasteiger partial charge in [-0.3, -0.25) is 4.79 Å². The summed E-state index contributed by atoms with van der Waals surface area (Å²) < 4.78 is 4.71. The van der Waals surface area contributed by atoms with Gasteiger partial charge in [-0.05, 0) is 24.5 Å². The molecular formula is C13H19ClO2. The van der Waals surface area contributed by atoms with Crippen LogP contribution in [0.3, 0.4) is 0 Å². The van der Waals surface area contributed by atoms with Gasteiger partial charge in [-0.1, -0.05) is 43.6 Å². The number of carbonyl (C=O) groups excluding carboxylic acids is 1. The lowest BCUT2D eigenvalue weighted by Crippen LogP contribution is -2.02. The van der Waals surface area contributed by atoms with Crippen LogP contribution >= 0.6 is 11.6 Å². The van der Waals surface area contributed by atoms with Crippen LogP contribution in [0, 0.1) is 5.92 Å². The molecule has 0 spiro atoms. The molecule has 0 unspecified atom stereocenters. The fraction of sp³-hybridized carbons (Fsp3) is 0.462. The molecule has 0 bridgehead atoms. The van der Waals surface area contributed by atoms with Gasteiger partial charge >= 0.3 is 5.97 Å². The van der Waals surface area contributed by atoms with Crippen molar-refractivity contribution in [2.75, 3.05) is 6.61 Å². The summed E-state index contributed by atoms with van der Waals surface area (Å²) in [4.78, 5) is 10.2. The highest BCUT2D eigenvalue weighted by Crippen LogP contribution is 2.03. The minimum absolute atomic E-state index is 0.185. The van der Waals surface area contributed by atoms with Crippen molar-refractivity contribution in [1.82, 2.24) is 0 Å². The second-order valence-electron chi connectivity index (χ2n) is 3.82. The first-order valence-corrected chi connectivity index (χ1v) is 5.74. The molecule has 16 heavy (non-hydrogen) atoms. The van der Waals surface area contributed by atoms with Crippen LogP contribution in [0.1, 0.15) is 27.2 Å². The minimum atomic E-state index is -0.185. The van der Waals surface area contributed by atoms with Gasteiger partial charge in [0.1, 0.15) is 0 Å². The summed E-state index contributed by atoms with van der Waals surface area (Å²) in [7, 11) is 0. The van der Waals surface area contributed by atoms with Crippen molar-refractivity contribution in [3.63, 3.8) is 0 Å². The van der Waals surface area contributed by atoms with Crippen molar-refractivity contribution in [1.29, 1.82) is 0 Å². The zero-order chi connectivity index (χ0) is 12.4. The Kier molecular flexibility index (Phi) is 8.64.